The molecule has 0 N–H and O–H groups in total. The van der Waals surface area contributed by atoms with Crippen LogP contribution >= 0.6 is 0 Å². The Kier molecular flexibility index (Phi) is 9.49. The molecule has 0 radical (unpaired) electrons. The minimum absolute atomic E-state index is 0.0142. The molecule has 0 amide bonds. The summed E-state index contributed by atoms with van der Waals surface area (Å²) >= 11 is 0. The molecular weight excluding hydrogens is 949 g/mol. The molecule has 6 aliphatic rings. The van der Waals surface area contributed by atoms with Gasteiger partial charge < -0.3 is 9.13 Å². The molecule has 0 saturated carbocycles. The van der Waals surface area contributed by atoms with E-state index in [2.05, 4.69) is 261 Å². The summed E-state index contributed by atoms with van der Waals surface area (Å²) in [5.74, 6) is 0. The van der Waals surface area contributed by atoms with Gasteiger partial charge in [-0.3, -0.25) is 0 Å². The third-order valence-electron chi connectivity index (χ3n) is 19.6. The highest BCUT2D eigenvalue weighted by Gasteiger charge is 2.53. The largest absolute Gasteiger partial charge is 0.311 e. The average molecular weight is 1020 g/mol. The summed E-state index contributed by atoms with van der Waals surface area (Å²) in [5.41, 5.74) is 34.3. The zero-order valence-electron chi connectivity index (χ0n) is 50.3. The van der Waals surface area contributed by atoms with Crippen molar-refractivity contribution in [2.45, 2.75) is 152 Å². The van der Waals surface area contributed by atoms with Gasteiger partial charge in [0, 0.05) is 55.0 Å². The van der Waals surface area contributed by atoms with Gasteiger partial charge >= 0.3 is 0 Å². The molecule has 4 bridgehead atoms. The van der Waals surface area contributed by atoms with Gasteiger partial charge in [0.25, 0.3) is 6.71 Å². The highest BCUT2D eigenvalue weighted by molar-refractivity contribution is 7.06. The lowest BCUT2D eigenvalue weighted by atomic mass is 9.26. The van der Waals surface area contributed by atoms with Crippen molar-refractivity contribution in [3.8, 4) is 22.5 Å². The van der Waals surface area contributed by atoms with Gasteiger partial charge in [-0.15, -0.1) is 0 Å². The average Bonchev–Trinajstić information content (AvgIpc) is 1.77. The smallest absolute Gasteiger partial charge is 0.252 e. The van der Waals surface area contributed by atoms with Gasteiger partial charge in [-0.2, -0.15) is 0 Å². The first-order valence-corrected chi connectivity index (χ1v) is 29.6. The summed E-state index contributed by atoms with van der Waals surface area (Å²) in [6.07, 6.45) is 12.5. The van der Waals surface area contributed by atoms with E-state index in [1.54, 1.807) is 0 Å². The Bertz CT molecular complexity index is 4450. The molecule has 15 rings (SSSR count). The topological polar surface area (TPSA) is 9.86 Å². The fraction of sp³-hybridized carbons (Fsp3) is 0.324. The molecule has 0 unspecified atom stereocenters. The van der Waals surface area contributed by atoms with E-state index in [1.807, 2.05) is 0 Å². The number of fused-ring (bicyclic) bond motifs is 12. The van der Waals surface area contributed by atoms with E-state index in [0.29, 0.717) is 0 Å². The highest BCUT2D eigenvalue weighted by Crippen LogP contribution is 2.48. The Hall–Kier alpha value is -6.71. The Morgan fingerprint density at radius 3 is 1.48 bits per heavy atom. The fourth-order valence-electron chi connectivity index (χ4n) is 15.6. The molecule has 5 heteroatoms. The van der Waals surface area contributed by atoms with E-state index < -0.39 is 0 Å². The molecule has 7 heterocycles. The van der Waals surface area contributed by atoms with Gasteiger partial charge in [0.05, 0.1) is 0 Å². The van der Waals surface area contributed by atoms with E-state index in [4.69, 9.17) is 0 Å². The zero-order chi connectivity index (χ0) is 55.5. The molecule has 7 aromatic carbocycles. The van der Waals surface area contributed by atoms with E-state index >= 15 is 0 Å². The highest BCUT2D eigenvalue weighted by atomic mass is 15.1. The quantitative estimate of drug-likeness (QED) is 0.145. The number of allylic oxidation sites excluding steroid dienone is 7. The lowest BCUT2D eigenvalue weighted by Gasteiger charge is -2.44. The standard InChI is InChI=1S/C74H75B3N2/c1-69(2,3)43-23-26-48(27-24-43)76-55-37-44(70(4,5)6)34-49-50-35-45(71(7,8)9)38-56-64(50)78(63(49)55)67-61(76)58-42-21-19-20-40(33-42)32-41-22-25-47(28-29-52(41)73(13,14)15)75-54-31-30-53(74(16,17)18)59-51-36-46(72(10,11)12)39-57-65(51)79(66(54)59)68(60(58)75)62(67)77(56)57/h19-39H,1-18H3/b41-32+. The van der Waals surface area contributed by atoms with Crippen LogP contribution in [0.1, 0.15) is 158 Å². The van der Waals surface area contributed by atoms with Crippen LogP contribution in [0.5, 0.6) is 0 Å². The van der Waals surface area contributed by atoms with Gasteiger partial charge in [0.2, 0.25) is 13.4 Å². The van der Waals surface area contributed by atoms with Gasteiger partial charge in [-0.1, -0.05) is 233 Å². The fourth-order valence-corrected chi connectivity index (χ4v) is 15.6. The van der Waals surface area contributed by atoms with Crippen LogP contribution in [-0.2, 0) is 27.1 Å². The second kappa shape index (κ2) is 15.2. The maximum atomic E-state index is 2.87. The third-order valence-corrected chi connectivity index (χ3v) is 19.6. The summed E-state index contributed by atoms with van der Waals surface area (Å²) in [6, 6.07) is 40.6. The van der Waals surface area contributed by atoms with Crippen LogP contribution in [0.3, 0.4) is 0 Å². The molecule has 0 saturated heterocycles. The number of hydrogen-bond donors (Lipinski definition) is 0. The van der Waals surface area contributed by atoms with Crippen LogP contribution in [0.2, 0.25) is 0 Å². The van der Waals surface area contributed by atoms with Gasteiger partial charge in [-0.25, -0.2) is 0 Å². The first-order chi connectivity index (χ1) is 37.0. The Morgan fingerprint density at radius 2 is 0.924 bits per heavy atom. The van der Waals surface area contributed by atoms with Crippen molar-refractivity contribution in [2.24, 2.45) is 5.41 Å². The van der Waals surface area contributed by atoms with Crippen LogP contribution in [0, 0.1) is 5.41 Å². The molecular formula is C74H75B3N2. The predicted molar refractivity (Wildman–Crippen MR) is 348 cm³/mol. The molecule has 390 valence electrons. The lowest BCUT2D eigenvalue weighted by Crippen LogP contribution is -2.69. The molecule has 0 fully saturated rings. The number of aromatic nitrogens is 2. The summed E-state index contributed by atoms with van der Waals surface area (Å²) in [5, 5.41) is 5.60. The maximum absolute atomic E-state index is 2.87. The monoisotopic (exact) mass is 1020 g/mol. The van der Waals surface area contributed by atoms with Crippen molar-refractivity contribution in [3.05, 3.63) is 171 Å². The molecule has 0 atom stereocenters. The van der Waals surface area contributed by atoms with Crippen molar-refractivity contribution >= 4 is 114 Å². The number of hydrogen-bond acceptors (Lipinski definition) is 0. The van der Waals surface area contributed by atoms with Crippen molar-refractivity contribution in [3.63, 3.8) is 0 Å². The van der Waals surface area contributed by atoms with E-state index in [1.165, 1.54) is 160 Å². The van der Waals surface area contributed by atoms with Crippen LogP contribution in [0.15, 0.2) is 138 Å². The maximum Gasteiger partial charge on any atom is 0.252 e. The van der Waals surface area contributed by atoms with Crippen molar-refractivity contribution in [2.75, 3.05) is 0 Å². The predicted octanol–water partition coefficient (Wildman–Crippen LogP) is 13.3. The lowest BCUT2D eigenvalue weighted by molar-refractivity contribution is 0.513. The van der Waals surface area contributed by atoms with Gasteiger partial charge in [0.1, 0.15) is 0 Å². The first-order valence-electron chi connectivity index (χ1n) is 29.6. The minimum atomic E-state index is -0.107. The molecule has 9 aromatic rings. The molecule has 79 heavy (non-hydrogen) atoms. The van der Waals surface area contributed by atoms with Crippen LogP contribution in [0.4, 0.5) is 0 Å². The Labute approximate surface area is 471 Å². The zero-order valence-corrected chi connectivity index (χ0v) is 50.3. The number of benzene rings is 7. The molecule has 1 aliphatic carbocycles. The van der Waals surface area contributed by atoms with Crippen LogP contribution in [0.25, 0.3) is 72.2 Å². The van der Waals surface area contributed by atoms with E-state index in [-0.39, 0.29) is 52.6 Å². The van der Waals surface area contributed by atoms with Gasteiger partial charge in [0.15, 0.2) is 0 Å². The second-order valence-electron chi connectivity index (χ2n) is 31.0. The molecule has 5 aliphatic heterocycles. The third kappa shape index (κ3) is 6.57. The Morgan fingerprint density at radius 1 is 0.392 bits per heavy atom. The van der Waals surface area contributed by atoms with Gasteiger partial charge in [-0.05, 0) is 157 Å². The van der Waals surface area contributed by atoms with Crippen molar-refractivity contribution in [1.82, 2.24) is 9.13 Å². The number of rotatable bonds is 1. The number of nitrogens with zero attached hydrogens (tertiary/aromatic N) is 2. The first kappa shape index (κ1) is 49.3. The molecule has 2 nitrogen and oxygen atoms in total. The van der Waals surface area contributed by atoms with Crippen molar-refractivity contribution < 1.29 is 0 Å². The minimum Gasteiger partial charge on any atom is -0.311 e. The summed E-state index contributed by atoms with van der Waals surface area (Å²) < 4.78 is 5.72. The summed E-state index contributed by atoms with van der Waals surface area (Å²) in [7, 11) is 0. The second-order valence-corrected chi connectivity index (χ2v) is 31.0. The van der Waals surface area contributed by atoms with Crippen LogP contribution < -0.4 is 43.7 Å². The summed E-state index contributed by atoms with van der Waals surface area (Å²) in [4.78, 5) is 0. The van der Waals surface area contributed by atoms with E-state index in [0.717, 1.165) is 0 Å². The normalized spacial score (nSPS) is 16.7. The van der Waals surface area contributed by atoms with Crippen LogP contribution in [-0.4, -0.2) is 29.3 Å². The Balaban J connectivity index is 1.27. The SMILES string of the molecule is CC(C)(C)C1=CC=C2C=C/C1=C\c1cccc(c1)-c1c3c4c5c6c1B2c1ccc(C(C)(C)C)c2c7cc(C(C)(C)C)cc(c7n-6c12)B5c1cc(C(C)(C)C)cc2c5cc(C(C)(C)C)cc(c5n-4c12)B3c1ccc(C(C)(C)C)cc1. The summed E-state index contributed by atoms with van der Waals surface area (Å²) in [6.45, 7) is 43.2. The molecule has 2 aromatic heterocycles. The molecule has 0 spiro atoms. The van der Waals surface area contributed by atoms with Crippen molar-refractivity contribution in [1.29, 1.82) is 0 Å². The van der Waals surface area contributed by atoms with E-state index in [9.17, 15) is 0 Å².